The highest BCUT2D eigenvalue weighted by molar-refractivity contribution is 9.11. The van der Waals surface area contributed by atoms with E-state index < -0.39 is 0 Å². The van der Waals surface area contributed by atoms with Crippen LogP contribution in [0.4, 0.5) is 0 Å². The molecule has 19 heavy (non-hydrogen) atoms. The van der Waals surface area contributed by atoms with Crippen molar-refractivity contribution >= 4 is 31.9 Å². The van der Waals surface area contributed by atoms with Crippen LogP contribution in [0.5, 0.6) is 0 Å². The minimum Gasteiger partial charge on any atom is -0.328 e. The Morgan fingerprint density at radius 1 is 1.32 bits per heavy atom. The number of nitrogens with zero attached hydrogens (tertiary/aromatic N) is 2. The van der Waals surface area contributed by atoms with Crippen molar-refractivity contribution in [2.75, 3.05) is 0 Å². The molecule has 3 nitrogen and oxygen atoms in total. The lowest BCUT2D eigenvalue weighted by Gasteiger charge is -2.10. The number of hydrogen-bond donors (Lipinski definition) is 1. The number of aryl methyl sites for hydroxylation is 1. The Hall–Kier alpha value is -0.650. The summed E-state index contributed by atoms with van der Waals surface area (Å²) in [6.45, 7) is 6.05. The summed E-state index contributed by atoms with van der Waals surface area (Å²) in [5.41, 5.74) is 10.2. The van der Waals surface area contributed by atoms with Gasteiger partial charge in [-0.05, 0) is 76.7 Å². The average Bonchev–Trinajstić information content (AvgIpc) is 2.56. The first-order chi connectivity index (χ1) is 8.90. The van der Waals surface area contributed by atoms with Gasteiger partial charge < -0.3 is 5.73 Å². The lowest BCUT2D eigenvalue weighted by Crippen LogP contribution is -2.17. The fraction of sp³-hybridized carbons (Fsp3) is 0.357. The topological polar surface area (TPSA) is 43.8 Å². The molecule has 1 aromatic carbocycles. The third-order valence-corrected chi connectivity index (χ3v) is 4.78. The normalized spacial score (nSPS) is 12.7. The molecule has 2 rings (SSSR count). The van der Waals surface area contributed by atoms with Gasteiger partial charge in [0.2, 0.25) is 0 Å². The first-order valence-corrected chi connectivity index (χ1v) is 7.75. The van der Waals surface area contributed by atoms with E-state index in [0.29, 0.717) is 0 Å². The van der Waals surface area contributed by atoms with Crippen molar-refractivity contribution in [1.82, 2.24) is 9.78 Å². The first kappa shape index (κ1) is 14.8. The molecule has 0 radical (unpaired) electrons. The lowest BCUT2D eigenvalue weighted by molar-refractivity contribution is 0.736. The molecule has 0 aliphatic rings. The molecule has 1 unspecified atom stereocenters. The minimum absolute atomic E-state index is 0.167. The van der Waals surface area contributed by atoms with Crippen molar-refractivity contribution in [2.45, 2.75) is 33.2 Å². The second-order valence-electron chi connectivity index (χ2n) is 4.86. The monoisotopic (exact) mass is 385 g/mol. The molecule has 0 saturated carbocycles. The molecule has 0 spiro atoms. The van der Waals surface area contributed by atoms with E-state index in [9.17, 15) is 0 Å². The summed E-state index contributed by atoms with van der Waals surface area (Å²) in [4.78, 5) is 0. The predicted octanol–water partition coefficient (Wildman–Crippen LogP) is 3.90. The van der Waals surface area contributed by atoms with Gasteiger partial charge in [-0.1, -0.05) is 6.07 Å². The van der Waals surface area contributed by atoms with E-state index >= 15 is 0 Å². The lowest BCUT2D eigenvalue weighted by atomic mass is 10.1. The van der Waals surface area contributed by atoms with Gasteiger partial charge in [0.15, 0.2) is 0 Å². The second-order valence-corrected chi connectivity index (χ2v) is 6.51. The Labute approximate surface area is 130 Å². The second kappa shape index (κ2) is 5.77. The molecule has 102 valence electrons. The van der Waals surface area contributed by atoms with Crippen LogP contribution in [0.3, 0.4) is 0 Å². The maximum absolute atomic E-state index is 5.83. The van der Waals surface area contributed by atoms with Gasteiger partial charge in [0.05, 0.1) is 21.5 Å². The number of hydrogen-bond acceptors (Lipinski definition) is 2. The minimum atomic E-state index is 0.167. The standard InChI is InChI=1S/C14H17Br2N3/c1-8(17)6-11-4-5-13(12(15)7-11)19-10(3)14(16)9(2)18-19/h4-5,7-8H,6,17H2,1-3H3. The highest BCUT2D eigenvalue weighted by atomic mass is 79.9. The third kappa shape index (κ3) is 3.09. The fourth-order valence-electron chi connectivity index (χ4n) is 2.08. The maximum Gasteiger partial charge on any atom is 0.0791 e. The summed E-state index contributed by atoms with van der Waals surface area (Å²) in [5.74, 6) is 0. The van der Waals surface area contributed by atoms with E-state index in [1.807, 2.05) is 25.5 Å². The van der Waals surface area contributed by atoms with Crippen molar-refractivity contribution < 1.29 is 0 Å². The molecule has 1 atom stereocenters. The SMILES string of the molecule is Cc1nn(-c2ccc(CC(C)N)cc2Br)c(C)c1Br. The van der Waals surface area contributed by atoms with Gasteiger partial charge in [-0.25, -0.2) is 4.68 Å². The number of aromatic nitrogens is 2. The number of nitrogens with two attached hydrogens (primary N) is 1. The Kier molecular flexibility index (Phi) is 4.48. The molecule has 0 amide bonds. The Balaban J connectivity index is 2.43. The molecule has 0 saturated heterocycles. The van der Waals surface area contributed by atoms with Gasteiger partial charge >= 0.3 is 0 Å². The summed E-state index contributed by atoms with van der Waals surface area (Å²) in [6, 6.07) is 6.46. The molecule has 0 aliphatic carbocycles. The predicted molar refractivity (Wildman–Crippen MR) is 85.8 cm³/mol. The van der Waals surface area contributed by atoms with Crippen LogP contribution < -0.4 is 5.73 Å². The smallest absolute Gasteiger partial charge is 0.0791 e. The zero-order valence-corrected chi connectivity index (χ0v) is 14.4. The molecule has 1 heterocycles. The summed E-state index contributed by atoms with van der Waals surface area (Å²) >= 11 is 7.18. The van der Waals surface area contributed by atoms with E-state index in [1.54, 1.807) is 0 Å². The summed E-state index contributed by atoms with van der Waals surface area (Å²) in [7, 11) is 0. The van der Waals surface area contributed by atoms with Gasteiger partial charge in [-0.2, -0.15) is 5.10 Å². The molecule has 2 N–H and O–H groups in total. The van der Waals surface area contributed by atoms with Crippen LogP contribution in [0.1, 0.15) is 23.9 Å². The molecular formula is C14H17Br2N3. The molecule has 0 fully saturated rings. The van der Waals surface area contributed by atoms with Crippen molar-refractivity contribution in [3.63, 3.8) is 0 Å². The van der Waals surface area contributed by atoms with Crippen LogP contribution in [0.2, 0.25) is 0 Å². The van der Waals surface area contributed by atoms with Gasteiger partial charge in [-0.3, -0.25) is 0 Å². The molecule has 5 heteroatoms. The molecule has 2 aromatic rings. The maximum atomic E-state index is 5.83. The molecule has 0 aliphatic heterocycles. The third-order valence-electron chi connectivity index (χ3n) is 3.00. The van der Waals surface area contributed by atoms with Crippen molar-refractivity contribution in [2.24, 2.45) is 5.73 Å². The molecule has 0 bridgehead atoms. The van der Waals surface area contributed by atoms with E-state index in [4.69, 9.17) is 5.73 Å². The summed E-state index contributed by atoms with van der Waals surface area (Å²) in [5, 5.41) is 4.55. The summed E-state index contributed by atoms with van der Waals surface area (Å²) in [6.07, 6.45) is 0.875. The Morgan fingerprint density at radius 2 is 2.00 bits per heavy atom. The Morgan fingerprint density at radius 3 is 2.47 bits per heavy atom. The van der Waals surface area contributed by atoms with Gasteiger partial charge in [0, 0.05) is 10.5 Å². The van der Waals surface area contributed by atoms with Crippen LogP contribution in [-0.4, -0.2) is 15.8 Å². The van der Waals surface area contributed by atoms with Crippen LogP contribution in [0.15, 0.2) is 27.1 Å². The number of halogens is 2. The number of benzene rings is 1. The highest BCUT2D eigenvalue weighted by Crippen LogP contribution is 2.28. The van der Waals surface area contributed by atoms with Crippen molar-refractivity contribution in [1.29, 1.82) is 0 Å². The largest absolute Gasteiger partial charge is 0.328 e. The van der Waals surface area contributed by atoms with Gasteiger partial charge in [-0.15, -0.1) is 0 Å². The van der Waals surface area contributed by atoms with E-state index in [-0.39, 0.29) is 6.04 Å². The number of rotatable bonds is 3. The zero-order chi connectivity index (χ0) is 14.2. The average molecular weight is 387 g/mol. The summed E-state index contributed by atoms with van der Waals surface area (Å²) < 4.78 is 4.03. The molecule has 1 aromatic heterocycles. The van der Waals surface area contributed by atoms with E-state index in [1.165, 1.54) is 5.56 Å². The van der Waals surface area contributed by atoms with Crippen molar-refractivity contribution in [3.05, 3.63) is 44.1 Å². The fourth-order valence-corrected chi connectivity index (χ4v) is 2.92. The highest BCUT2D eigenvalue weighted by Gasteiger charge is 2.13. The van der Waals surface area contributed by atoms with Gasteiger partial charge in [0.1, 0.15) is 0 Å². The van der Waals surface area contributed by atoms with Crippen LogP contribution in [0.25, 0.3) is 5.69 Å². The van der Waals surface area contributed by atoms with E-state index in [0.717, 1.165) is 32.4 Å². The van der Waals surface area contributed by atoms with Crippen LogP contribution >= 0.6 is 31.9 Å². The van der Waals surface area contributed by atoms with Gasteiger partial charge in [0.25, 0.3) is 0 Å². The zero-order valence-electron chi connectivity index (χ0n) is 11.2. The van der Waals surface area contributed by atoms with E-state index in [2.05, 4.69) is 55.2 Å². The van der Waals surface area contributed by atoms with Crippen molar-refractivity contribution in [3.8, 4) is 5.69 Å². The van der Waals surface area contributed by atoms with Crippen LogP contribution in [0, 0.1) is 13.8 Å². The first-order valence-electron chi connectivity index (χ1n) is 6.16. The molecular weight excluding hydrogens is 370 g/mol. The Bertz CT molecular complexity index is 603. The quantitative estimate of drug-likeness (QED) is 0.869. The van der Waals surface area contributed by atoms with Crippen LogP contribution in [-0.2, 0) is 6.42 Å².